The van der Waals surface area contributed by atoms with Gasteiger partial charge in [0.05, 0.1) is 90.8 Å². The number of hydrogen-bond donors (Lipinski definition) is 0. The van der Waals surface area contributed by atoms with Gasteiger partial charge in [-0.05, 0) is 18.6 Å². The molecule has 0 unspecified atom stereocenters. The molecule has 0 heterocycles. The highest BCUT2D eigenvalue weighted by atomic mass is 16.6. The average molecular weight is 630 g/mol. The molecule has 0 fully saturated rings. The minimum atomic E-state index is -0.445. The van der Waals surface area contributed by atoms with Crippen LogP contribution in [0, 0.1) is 10.1 Å². The predicted molar refractivity (Wildman–Crippen MR) is 171 cm³/mol. The fourth-order valence-corrected chi connectivity index (χ4v) is 4.17. The Bertz CT molecular complexity index is 738. The van der Waals surface area contributed by atoms with E-state index in [-0.39, 0.29) is 5.69 Å². The van der Waals surface area contributed by atoms with Crippen molar-refractivity contribution in [3.05, 3.63) is 34.4 Å². The third-order valence-electron chi connectivity index (χ3n) is 6.67. The number of unbranched alkanes of at least 4 members (excludes halogenated alkanes) is 10. The van der Waals surface area contributed by atoms with E-state index < -0.39 is 4.92 Å². The van der Waals surface area contributed by atoms with Crippen LogP contribution in [0.1, 0.15) is 77.6 Å². The molecule has 0 aliphatic carbocycles. The van der Waals surface area contributed by atoms with Crippen molar-refractivity contribution in [1.82, 2.24) is 0 Å². The lowest BCUT2D eigenvalue weighted by molar-refractivity contribution is -0.384. The molecule has 0 amide bonds. The summed E-state index contributed by atoms with van der Waals surface area (Å²) < 4.78 is 44.0. The van der Waals surface area contributed by atoms with Gasteiger partial charge in [-0.3, -0.25) is 10.1 Å². The number of hydrogen-bond acceptors (Lipinski definition) is 10. The van der Waals surface area contributed by atoms with Crippen LogP contribution >= 0.6 is 0 Å². The van der Waals surface area contributed by atoms with Crippen molar-refractivity contribution in [3.8, 4) is 5.75 Å². The van der Waals surface area contributed by atoms with E-state index in [1.165, 1.54) is 76.3 Å². The normalized spacial score (nSPS) is 11.3. The quantitative estimate of drug-likeness (QED) is 0.0474. The number of nitrogens with zero attached hydrogens (tertiary/aromatic N) is 1. The SMILES string of the molecule is CCCCCCCCCCCCCOCCOCCOCCOCCOCCOCCOCCOc1ccc([N+](=O)[O-])cc1. The molecule has 44 heavy (non-hydrogen) atoms. The van der Waals surface area contributed by atoms with Crippen molar-refractivity contribution in [2.24, 2.45) is 0 Å². The van der Waals surface area contributed by atoms with Crippen LogP contribution in [0.4, 0.5) is 5.69 Å². The molecule has 0 N–H and O–H groups in total. The highest BCUT2D eigenvalue weighted by molar-refractivity contribution is 5.35. The molecule has 1 rings (SSSR count). The second-order valence-corrected chi connectivity index (χ2v) is 10.4. The van der Waals surface area contributed by atoms with Crippen LogP contribution in [-0.4, -0.2) is 104 Å². The summed E-state index contributed by atoms with van der Waals surface area (Å²) in [6.45, 7) is 10.2. The fraction of sp³-hybridized carbons (Fsp3) is 0.818. The van der Waals surface area contributed by atoms with E-state index in [1.54, 1.807) is 12.1 Å². The lowest BCUT2D eigenvalue weighted by Crippen LogP contribution is -2.15. The fourth-order valence-electron chi connectivity index (χ4n) is 4.17. The Balaban J connectivity index is 1.65. The molecule has 0 spiro atoms. The van der Waals surface area contributed by atoms with E-state index in [1.807, 2.05) is 0 Å². The first-order valence-corrected chi connectivity index (χ1v) is 16.7. The van der Waals surface area contributed by atoms with Crippen LogP contribution in [0.15, 0.2) is 24.3 Å². The lowest BCUT2D eigenvalue weighted by Gasteiger charge is -2.09. The summed E-state index contributed by atoms with van der Waals surface area (Å²) in [6.07, 6.45) is 14.8. The third kappa shape index (κ3) is 27.7. The van der Waals surface area contributed by atoms with Gasteiger partial charge >= 0.3 is 0 Å². The maximum atomic E-state index is 10.6. The zero-order valence-corrected chi connectivity index (χ0v) is 27.2. The molecule has 0 radical (unpaired) electrons. The molecule has 11 heteroatoms. The highest BCUT2D eigenvalue weighted by Gasteiger charge is 2.04. The predicted octanol–water partition coefficient (Wildman–Crippen LogP) is 6.40. The first kappa shape index (κ1) is 40.2. The van der Waals surface area contributed by atoms with Crippen LogP contribution < -0.4 is 4.74 Å². The Morgan fingerprint density at radius 1 is 0.455 bits per heavy atom. The molecular formula is C33H59NO10. The van der Waals surface area contributed by atoms with E-state index in [4.69, 9.17) is 37.9 Å². The number of nitro benzene ring substituents is 1. The van der Waals surface area contributed by atoms with Crippen LogP contribution in [0.25, 0.3) is 0 Å². The Labute approximate surface area is 265 Å². The number of benzene rings is 1. The van der Waals surface area contributed by atoms with Crippen LogP contribution in [0.3, 0.4) is 0 Å². The molecule has 0 aromatic heterocycles. The summed E-state index contributed by atoms with van der Waals surface area (Å²) in [5.41, 5.74) is 0.0331. The van der Waals surface area contributed by atoms with Gasteiger partial charge in [0.2, 0.25) is 0 Å². The molecule has 0 bridgehead atoms. The first-order chi connectivity index (χ1) is 21.7. The Hall–Kier alpha value is -1.86. The van der Waals surface area contributed by atoms with E-state index in [9.17, 15) is 10.1 Å². The van der Waals surface area contributed by atoms with Gasteiger partial charge in [0.1, 0.15) is 12.4 Å². The van der Waals surface area contributed by atoms with Gasteiger partial charge in [0.25, 0.3) is 5.69 Å². The van der Waals surface area contributed by atoms with Crippen molar-refractivity contribution >= 4 is 5.69 Å². The molecule has 0 saturated carbocycles. The Morgan fingerprint density at radius 2 is 0.773 bits per heavy atom. The molecule has 0 aliphatic rings. The van der Waals surface area contributed by atoms with E-state index in [0.29, 0.717) is 98.2 Å². The maximum Gasteiger partial charge on any atom is 0.269 e. The molecule has 11 nitrogen and oxygen atoms in total. The van der Waals surface area contributed by atoms with Crippen molar-refractivity contribution in [2.45, 2.75) is 77.6 Å². The van der Waals surface area contributed by atoms with Gasteiger partial charge < -0.3 is 37.9 Å². The molecule has 0 saturated heterocycles. The Kier molecular flexibility index (Phi) is 29.7. The van der Waals surface area contributed by atoms with E-state index >= 15 is 0 Å². The third-order valence-corrected chi connectivity index (χ3v) is 6.67. The number of ether oxygens (including phenoxy) is 8. The van der Waals surface area contributed by atoms with Crippen molar-refractivity contribution < 1.29 is 42.8 Å². The van der Waals surface area contributed by atoms with E-state index in [2.05, 4.69) is 6.92 Å². The summed E-state index contributed by atoms with van der Waals surface area (Å²) >= 11 is 0. The molecular weight excluding hydrogens is 570 g/mol. The van der Waals surface area contributed by atoms with Gasteiger partial charge in [-0.25, -0.2) is 0 Å². The maximum absolute atomic E-state index is 10.6. The molecule has 1 aromatic carbocycles. The van der Waals surface area contributed by atoms with Crippen molar-refractivity contribution in [1.29, 1.82) is 0 Å². The summed E-state index contributed by atoms with van der Waals surface area (Å²) in [5, 5.41) is 10.6. The summed E-state index contributed by atoms with van der Waals surface area (Å²) in [6, 6.07) is 5.94. The van der Waals surface area contributed by atoms with Crippen molar-refractivity contribution in [3.63, 3.8) is 0 Å². The van der Waals surface area contributed by atoms with Gasteiger partial charge in [0, 0.05) is 18.7 Å². The zero-order valence-electron chi connectivity index (χ0n) is 27.2. The van der Waals surface area contributed by atoms with Gasteiger partial charge in [-0.2, -0.15) is 0 Å². The van der Waals surface area contributed by atoms with Gasteiger partial charge in [-0.15, -0.1) is 0 Å². The monoisotopic (exact) mass is 629 g/mol. The molecule has 0 atom stereocenters. The summed E-state index contributed by atoms with van der Waals surface area (Å²) in [7, 11) is 0. The number of non-ortho nitro benzene ring substituents is 1. The first-order valence-electron chi connectivity index (χ1n) is 16.7. The van der Waals surface area contributed by atoms with E-state index in [0.717, 1.165) is 13.0 Å². The second-order valence-electron chi connectivity index (χ2n) is 10.4. The van der Waals surface area contributed by atoms with Crippen LogP contribution in [0.2, 0.25) is 0 Å². The highest BCUT2D eigenvalue weighted by Crippen LogP contribution is 2.17. The average Bonchev–Trinajstić information content (AvgIpc) is 3.03. The molecule has 1 aromatic rings. The summed E-state index contributed by atoms with van der Waals surface area (Å²) in [4.78, 5) is 10.2. The van der Waals surface area contributed by atoms with Crippen molar-refractivity contribution in [2.75, 3.05) is 99.1 Å². The molecule has 256 valence electrons. The summed E-state index contributed by atoms with van der Waals surface area (Å²) in [5.74, 6) is 0.565. The Morgan fingerprint density at radius 3 is 1.14 bits per heavy atom. The largest absolute Gasteiger partial charge is 0.491 e. The lowest BCUT2D eigenvalue weighted by atomic mass is 10.1. The smallest absolute Gasteiger partial charge is 0.269 e. The topological polar surface area (TPSA) is 117 Å². The standard InChI is InChI=1S/C33H59NO10/c1-2-3-4-5-6-7-8-9-10-11-12-17-37-18-19-38-20-21-39-22-23-40-24-25-41-26-27-42-28-29-43-30-31-44-33-15-13-32(14-16-33)34(35)36/h13-16H,2-12,17-31H2,1H3. The van der Waals surface area contributed by atoms with Crippen LogP contribution in [0.5, 0.6) is 5.75 Å². The number of rotatable bonds is 35. The minimum Gasteiger partial charge on any atom is -0.491 e. The zero-order chi connectivity index (χ0) is 31.6. The number of nitro groups is 1. The minimum absolute atomic E-state index is 0.0331. The molecule has 0 aliphatic heterocycles. The van der Waals surface area contributed by atoms with Gasteiger partial charge in [-0.1, -0.05) is 71.1 Å². The van der Waals surface area contributed by atoms with Crippen LogP contribution in [-0.2, 0) is 33.2 Å². The second kappa shape index (κ2) is 32.5. The van der Waals surface area contributed by atoms with Gasteiger partial charge in [0.15, 0.2) is 0 Å².